The number of hydrogen-bond acceptors (Lipinski definition) is 3. The molecular weight excluding hydrogens is 269 g/mol. The molecular formula is C17H16FNO2. The molecule has 4 rings (SSSR count). The van der Waals surface area contributed by atoms with Crippen LogP contribution in [0, 0.1) is 5.82 Å². The van der Waals surface area contributed by atoms with Gasteiger partial charge in [-0.25, -0.2) is 4.39 Å². The zero-order valence-electron chi connectivity index (χ0n) is 11.6. The monoisotopic (exact) mass is 285 g/mol. The number of aryl methyl sites for hydroxylation is 1. The van der Waals surface area contributed by atoms with Crippen molar-refractivity contribution in [1.82, 2.24) is 5.32 Å². The lowest BCUT2D eigenvalue weighted by Gasteiger charge is -2.14. The molecule has 108 valence electrons. The van der Waals surface area contributed by atoms with E-state index in [1.807, 2.05) is 24.3 Å². The molecule has 1 aliphatic carbocycles. The van der Waals surface area contributed by atoms with E-state index in [2.05, 4.69) is 5.32 Å². The third-order valence-corrected chi connectivity index (χ3v) is 4.17. The number of fused-ring (bicyclic) bond motifs is 2. The van der Waals surface area contributed by atoms with Crippen molar-refractivity contribution in [2.75, 3.05) is 6.79 Å². The van der Waals surface area contributed by atoms with Crippen LogP contribution in [0.25, 0.3) is 0 Å². The lowest BCUT2D eigenvalue weighted by atomic mass is 10.1. The van der Waals surface area contributed by atoms with Crippen LogP contribution in [0.15, 0.2) is 36.4 Å². The number of hydrogen-bond donors (Lipinski definition) is 1. The molecule has 21 heavy (non-hydrogen) atoms. The summed E-state index contributed by atoms with van der Waals surface area (Å²) in [5.74, 6) is 1.47. The maximum absolute atomic E-state index is 13.2. The van der Waals surface area contributed by atoms with Gasteiger partial charge in [-0.2, -0.15) is 0 Å². The Morgan fingerprint density at radius 3 is 2.95 bits per heavy atom. The fraction of sp³-hybridized carbons (Fsp3) is 0.294. The van der Waals surface area contributed by atoms with Crippen molar-refractivity contribution in [1.29, 1.82) is 0 Å². The molecule has 1 heterocycles. The van der Waals surface area contributed by atoms with Gasteiger partial charge in [-0.05, 0) is 53.8 Å². The summed E-state index contributed by atoms with van der Waals surface area (Å²) >= 11 is 0. The van der Waals surface area contributed by atoms with Crippen molar-refractivity contribution in [3.05, 3.63) is 58.9 Å². The predicted octanol–water partition coefficient (Wildman–Crippen LogP) is 3.33. The Bertz CT molecular complexity index is 686. The molecule has 2 aromatic rings. The smallest absolute Gasteiger partial charge is 0.231 e. The SMILES string of the molecule is Fc1ccc2c(c1)CCC2NCc1ccc2c(c1)OCO2. The first kappa shape index (κ1) is 12.7. The third kappa shape index (κ3) is 2.36. The lowest BCUT2D eigenvalue weighted by molar-refractivity contribution is 0.174. The third-order valence-electron chi connectivity index (χ3n) is 4.17. The standard InChI is InChI=1S/C17H16FNO2/c18-13-3-4-14-12(8-13)2-5-15(14)19-9-11-1-6-16-17(7-11)21-10-20-16/h1,3-4,6-8,15,19H,2,5,9-10H2. The van der Waals surface area contributed by atoms with Crippen LogP contribution in [0.5, 0.6) is 11.5 Å². The molecule has 0 aromatic heterocycles. The van der Waals surface area contributed by atoms with Crippen LogP contribution in [0.3, 0.4) is 0 Å². The van der Waals surface area contributed by atoms with Gasteiger partial charge in [-0.1, -0.05) is 12.1 Å². The number of halogens is 1. The second-order valence-corrected chi connectivity index (χ2v) is 5.50. The molecule has 2 aromatic carbocycles. The lowest BCUT2D eigenvalue weighted by Crippen LogP contribution is -2.18. The van der Waals surface area contributed by atoms with Crippen LogP contribution in [0.2, 0.25) is 0 Å². The van der Waals surface area contributed by atoms with Crippen molar-refractivity contribution in [2.24, 2.45) is 0 Å². The highest BCUT2D eigenvalue weighted by molar-refractivity contribution is 5.44. The molecule has 0 radical (unpaired) electrons. The predicted molar refractivity (Wildman–Crippen MR) is 76.9 cm³/mol. The van der Waals surface area contributed by atoms with E-state index in [0.717, 1.165) is 42.0 Å². The Morgan fingerprint density at radius 1 is 1.10 bits per heavy atom. The second-order valence-electron chi connectivity index (χ2n) is 5.50. The summed E-state index contributed by atoms with van der Waals surface area (Å²) < 4.78 is 23.9. The number of ether oxygens (including phenoxy) is 2. The first-order valence-corrected chi connectivity index (χ1v) is 7.20. The van der Waals surface area contributed by atoms with Crippen LogP contribution in [0.4, 0.5) is 4.39 Å². The van der Waals surface area contributed by atoms with Gasteiger partial charge in [0.25, 0.3) is 0 Å². The Hall–Kier alpha value is -2.07. The van der Waals surface area contributed by atoms with Gasteiger partial charge in [-0.3, -0.25) is 0 Å². The summed E-state index contributed by atoms with van der Waals surface area (Å²) in [6.45, 7) is 1.06. The van der Waals surface area contributed by atoms with Gasteiger partial charge >= 0.3 is 0 Å². The molecule has 0 spiro atoms. The molecule has 4 heteroatoms. The van der Waals surface area contributed by atoms with E-state index in [1.54, 1.807) is 12.1 Å². The van der Waals surface area contributed by atoms with Crippen LogP contribution < -0.4 is 14.8 Å². The topological polar surface area (TPSA) is 30.5 Å². The molecule has 0 saturated carbocycles. The zero-order valence-corrected chi connectivity index (χ0v) is 11.6. The van der Waals surface area contributed by atoms with E-state index in [9.17, 15) is 4.39 Å². The van der Waals surface area contributed by atoms with Gasteiger partial charge in [0, 0.05) is 12.6 Å². The molecule has 2 aliphatic rings. The molecule has 3 nitrogen and oxygen atoms in total. The average Bonchev–Trinajstić information content (AvgIpc) is 3.10. The molecule has 1 aliphatic heterocycles. The van der Waals surface area contributed by atoms with Gasteiger partial charge in [-0.15, -0.1) is 0 Å². The van der Waals surface area contributed by atoms with E-state index in [4.69, 9.17) is 9.47 Å². The number of nitrogens with one attached hydrogen (secondary N) is 1. The van der Waals surface area contributed by atoms with Crippen molar-refractivity contribution < 1.29 is 13.9 Å². The largest absolute Gasteiger partial charge is 0.454 e. The van der Waals surface area contributed by atoms with Gasteiger partial charge in [0.05, 0.1) is 0 Å². The minimum Gasteiger partial charge on any atom is -0.454 e. The maximum atomic E-state index is 13.2. The van der Waals surface area contributed by atoms with E-state index >= 15 is 0 Å². The van der Waals surface area contributed by atoms with E-state index in [1.165, 1.54) is 5.56 Å². The number of benzene rings is 2. The highest BCUT2D eigenvalue weighted by atomic mass is 19.1. The number of rotatable bonds is 3. The van der Waals surface area contributed by atoms with Crippen molar-refractivity contribution >= 4 is 0 Å². The Kier molecular flexibility index (Phi) is 3.04. The summed E-state index contributed by atoms with van der Waals surface area (Å²) in [6, 6.07) is 11.4. The second kappa shape index (κ2) is 5.04. The van der Waals surface area contributed by atoms with Gasteiger partial charge in [0.1, 0.15) is 5.82 Å². The highest BCUT2D eigenvalue weighted by Crippen LogP contribution is 2.34. The molecule has 0 bridgehead atoms. The van der Waals surface area contributed by atoms with E-state index in [0.29, 0.717) is 12.8 Å². The van der Waals surface area contributed by atoms with Crippen LogP contribution in [-0.2, 0) is 13.0 Å². The zero-order chi connectivity index (χ0) is 14.2. The highest BCUT2D eigenvalue weighted by Gasteiger charge is 2.22. The van der Waals surface area contributed by atoms with Crippen LogP contribution in [0.1, 0.15) is 29.2 Å². The van der Waals surface area contributed by atoms with Crippen molar-refractivity contribution in [3.63, 3.8) is 0 Å². The van der Waals surface area contributed by atoms with Crippen LogP contribution >= 0.6 is 0 Å². The van der Waals surface area contributed by atoms with E-state index < -0.39 is 0 Å². The Labute approximate surface area is 122 Å². The summed E-state index contributed by atoms with van der Waals surface area (Å²) in [7, 11) is 0. The van der Waals surface area contributed by atoms with Crippen LogP contribution in [-0.4, -0.2) is 6.79 Å². The average molecular weight is 285 g/mol. The first-order valence-electron chi connectivity index (χ1n) is 7.20. The van der Waals surface area contributed by atoms with Gasteiger partial charge in [0.15, 0.2) is 11.5 Å². The summed E-state index contributed by atoms with van der Waals surface area (Å²) in [5, 5.41) is 3.55. The van der Waals surface area contributed by atoms with E-state index in [-0.39, 0.29) is 5.82 Å². The Balaban J connectivity index is 1.46. The minimum atomic E-state index is -0.148. The van der Waals surface area contributed by atoms with Gasteiger partial charge in [0.2, 0.25) is 6.79 Å². The molecule has 0 saturated heterocycles. The molecule has 1 N–H and O–H groups in total. The molecule has 1 atom stereocenters. The molecule has 1 unspecified atom stereocenters. The summed E-state index contributed by atoms with van der Waals surface area (Å²) in [4.78, 5) is 0. The summed E-state index contributed by atoms with van der Waals surface area (Å²) in [6.07, 6.45) is 1.95. The quantitative estimate of drug-likeness (QED) is 0.938. The maximum Gasteiger partial charge on any atom is 0.231 e. The molecule has 0 fully saturated rings. The molecule has 0 amide bonds. The van der Waals surface area contributed by atoms with Gasteiger partial charge < -0.3 is 14.8 Å². The van der Waals surface area contributed by atoms with Crippen molar-refractivity contribution in [2.45, 2.75) is 25.4 Å². The Morgan fingerprint density at radius 2 is 2.00 bits per heavy atom. The van der Waals surface area contributed by atoms with Crippen molar-refractivity contribution in [3.8, 4) is 11.5 Å². The minimum absolute atomic E-state index is 0.148. The first-order chi connectivity index (χ1) is 10.3. The fourth-order valence-electron chi connectivity index (χ4n) is 3.09. The fourth-order valence-corrected chi connectivity index (χ4v) is 3.09. The summed E-state index contributed by atoms with van der Waals surface area (Å²) in [5.41, 5.74) is 3.50. The normalized spacial score (nSPS) is 18.8.